The number of alkyl halides is 3. The van der Waals surface area contributed by atoms with Gasteiger partial charge in [0, 0.05) is 39.1 Å². The Balaban J connectivity index is 2.16. The van der Waals surface area contributed by atoms with Gasteiger partial charge in [-0.2, -0.15) is 13.2 Å². The van der Waals surface area contributed by atoms with Gasteiger partial charge in [-0.05, 0) is 19.3 Å². The van der Waals surface area contributed by atoms with E-state index in [-0.39, 0.29) is 12.0 Å². The number of carbonyl (C=O) groups is 1. The van der Waals surface area contributed by atoms with Crippen molar-refractivity contribution in [2.75, 3.05) is 40.3 Å². The zero-order valence-electron chi connectivity index (χ0n) is 14.3. The number of ether oxygens (including phenoxy) is 1. The van der Waals surface area contributed by atoms with Gasteiger partial charge >= 0.3 is 12.1 Å². The number of likely N-dealkylation sites (tertiary alicyclic amines) is 1. The van der Waals surface area contributed by atoms with Crippen LogP contribution in [0.5, 0.6) is 0 Å². The molecule has 9 heteroatoms. The summed E-state index contributed by atoms with van der Waals surface area (Å²) in [6.45, 7) is 0.623. The van der Waals surface area contributed by atoms with Crippen molar-refractivity contribution in [1.82, 2.24) is 15.5 Å². The topological polar surface area (TPSA) is 66.0 Å². The first-order valence-electron chi connectivity index (χ1n) is 8.17. The molecular formula is C15H27F3N4O2. The highest BCUT2D eigenvalue weighted by Gasteiger charge is 2.34. The number of nitrogens with zero attached hydrogens (tertiary/aromatic N) is 2. The maximum atomic E-state index is 12.4. The van der Waals surface area contributed by atoms with Crippen LogP contribution in [0.1, 0.15) is 32.1 Å². The number of hydrogen-bond acceptors (Lipinski definition) is 4. The van der Waals surface area contributed by atoms with E-state index in [0.717, 1.165) is 19.3 Å². The third-order valence-corrected chi connectivity index (χ3v) is 3.82. The number of hydrogen-bond donors (Lipinski definition) is 2. The number of methoxy groups -OCH3 is 1. The molecule has 1 unspecified atom stereocenters. The lowest BCUT2D eigenvalue weighted by atomic mass is 10.2. The van der Waals surface area contributed by atoms with Gasteiger partial charge in [-0.25, -0.2) is 0 Å². The molecule has 1 atom stereocenters. The zero-order chi connectivity index (χ0) is 18.0. The van der Waals surface area contributed by atoms with Gasteiger partial charge in [0.1, 0.15) is 0 Å². The van der Waals surface area contributed by atoms with Crippen LogP contribution >= 0.6 is 0 Å². The standard InChI is InChI=1S/C15H27F3N4O2/c1-19-14(20-8-5-3-4-6-13(23)24-2)21-12-7-9-22(10-12)11-15(16,17)18/h12H,3-11H2,1-2H3,(H2,19,20,21). The van der Waals surface area contributed by atoms with Gasteiger partial charge in [-0.3, -0.25) is 14.7 Å². The first kappa shape index (κ1) is 20.5. The quantitative estimate of drug-likeness (QED) is 0.300. The zero-order valence-corrected chi connectivity index (χ0v) is 14.3. The van der Waals surface area contributed by atoms with Gasteiger partial charge < -0.3 is 15.4 Å². The molecule has 1 saturated heterocycles. The van der Waals surface area contributed by atoms with Crippen molar-refractivity contribution in [2.45, 2.75) is 44.3 Å². The molecule has 0 aromatic heterocycles. The highest BCUT2D eigenvalue weighted by molar-refractivity contribution is 5.80. The average Bonchev–Trinajstić information content (AvgIpc) is 2.93. The predicted molar refractivity (Wildman–Crippen MR) is 85.9 cm³/mol. The minimum absolute atomic E-state index is 0.0297. The Morgan fingerprint density at radius 1 is 1.33 bits per heavy atom. The van der Waals surface area contributed by atoms with Gasteiger partial charge in [0.25, 0.3) is 0 Å². The van der Waals surface area contributed by atoms with Gasteiger partial charge in [0.05, 0.1) is 13.7 Å². The Kier molecular flexibility index (Phi) is 8.88. The van der Waals surface area contributed by atoms with Crippen LogP contribution in [0.2, 0.25) is 0 Å². The number of aliphatic imine (C=N–C) groups is 1. The van der Waals surface area contributed by atoms with Gasteiger partial charge in [-0.15, -0.1) is 0 Å². The first-order valence-corrected chi connectivity index (χ1v) is 8.17. The van der Waals surface area contributed by atoms with Crippen LogP contribution in [-0.2, 0) is 9.53 Å². The van der Waals surface area contributed by atoms with Crippen LogP contribution < -0.4 is 10.6 Å². The van der Waals surface area contributed by atoms with Crippen molar-refractivity contribution in [2.24, 2.45) is 4.99 Å². The monoisotopic (exact) mass is 352 g/mol. The Hall–Kier alpha value is -1.51. The summed E-state index contributed by atoms with van der Waals surface area (Å²) in [5.41, 5.74) is 0. The fourth-order valence-corrected chi connectivity index (χ4v) is 2.62. The molecule has 0 aromatic carbocycles. The number of unbranched alkanes of at least 4 members (excludes halogenated alkanes) is 2. The van der Waals surface area contributed by atoms with E-state index in [1.165, 1.54) is 12.0 Å². The molecule has 0 bridgehead atoms. The van der Waals surface area contributed by atoms with Crippen molar-refractivity contribution in [3.05, 3.63) is 0 Å². The molecule has 0 saturated carbocycles. The lowest BCUT2D eigenvalue weighted by Gasteiger charge is -2.19. The SMILES string of the molecule is CN=C(NCCCCCC(=O)OC)NC1CCN(CC(F)(F)F)C1. The summed E-state index contributed by atoms with van der Waals surface area (Å²) in [6, 6.07) is -0.0297. The van der Waals surface area contributed by atoms with Crippen molar-refractivity contribution in [3.8, 4) is 0 Å². The van der Waals surface area contributed by atoms with Gasteiger partial charge in [-0.1, -0.05) is 6.42 Å². The Morgan fingerprint density at radius 2 is 2.08 bits per heavy atom. The lowest BCUT2D eigenvalue weighted by Crippen LogP contribution is -2.45. The summed E-state index contributed by atoms with van der Waals surface area (Å²) < 4.78 is 41.7. The molecule has 1 rings (SSSR count). The maximum Gasteiger partial charge on any atom is 0.401 e. The summed E-state index contributed by atoms with van der Waals surface area (Å²) in [4.78, 5) is 16.5. The van der Waals surface area contributed by atoms with E-state index in [9.17, 15) is 18.0 Å². The summed E-state index contributed by atoms with van der Waals surface area (Å²) in [5, 5.41) is 6.30. The van der Waals surface area contributed by atoms with Gasteiger partial charge in [0.15, 0.2) is 5.96 Å². The van der Waals surface area contributed by atoms with E-state index in [1.54, 1.807) is 7.05 Å². The number of nitrogens with one attached hydrogen (secondary N) is 2. The molecule has 0 aromatic rings. The second-order valence-corrected chi connectivity index (χ2v) is 5.87. The highest BCUT2D eigenvalue weighted by Crippen LogP contribution is 2.19. The third kappa shape index (κ3) is 8.95. The van der Waals surface area contributed by atoms with Gasteiger partial charge in [0.2, 0.25) is 0 Å². The summed E-state index contributed by atoms with van der Waals surface area (Å²) in [7, 11) is 3.01. The third-order valence-electron chi connectivity index (χ3n) is 3.82. The molecular weight excluding hydrogens is 325 g/mol. The fraction of sp³-hybridized carbons (Fsp3) is 0.867. The molecule has 0 amide bonds. The Bertz CT molecular complexity index is 416. The molecule has 1 heterocycles. The molecule has 1 aliphatic rings. The van der Waals surface area contributed by atoms with Crippen LogP contribution in [-0.4, -0.2) is 69.4 Å². The normalized spacial score (nSPS) is 19.4. The van der Waals surface area contributed by atoms with E-state index < -0.39 is 12.7 Å². The molecule has 0 radical (unpaired) electrons. The summed E-state index contributed by atoms with van der Waals surface area (Å²) in [5.74, 6) is 0.395. The lowest BCUT2D eigenvalue weighted by molar-refractivity contribution is -0.143. The van der Waals surface area contributed by atoms with Crippen molar-refractivity contribution >= 4 is 11.9 Å². The number of guanidine groups is 1. The van der Waals surface area contributed by atoms with E-state index >= 15 is 0 Å². The van der Waals surface area contributed by atoms with Crippen LogP contribution in [0.15, 0.2) is 4.99 Å². The van der Waals surface area contributed by atoms with Crippen LogP contribution in [0, 0.1) is 0 Å². The van der Waals surface area contributed by atoms with Crippen molar-refractivity contribution in [1.29, 1.82) is 0 Å². The Morgan fingerprint density at radius 3 is 2.71 bits per heavy atom. The van der Waals surface area contributed by atoms with E-state index in [2.05, 4.69) is 20.4 Å². The predicted octanol–water partition coefficient (Wildman–Crippen LogP) is 1.52. The number of rotatable bonds is 8. The minimum Gasteiger partial charge on any atom is -0.469 e. The van der Waals surface area contributed by atoms with Crippen molar-refractivity contribution < 1.29 is 22.7 Å². The Labute approximate surface area is 140 Å². The number of esters is 1. The molecule has 140 valence electrons. The molecule has 6 nitrogen and oxygen atoms in total. The van der Waals surface area contributed by atoms with Crippen LogP contribution in [0.3, 0.4) is 0 Å². The second kappa shape index (κ2) is 10.4. The molecule has 24 heavy (non-hydrogen) atoms. The summed E-state index contributed by atoms with van der Waals surface area (Å²) >= 11 is 0. The van der Waals surface area contributed by atoms with Crippen molar-refractivity contribution in [3.63, 3.8) is 0 Å². The summed E-state index contributed by atoms with van der Waals surface area (Å²) in [6.07, 6.45) is -0.532. The van der Waals surface area contributed by atoms with Crippen LogP contribution in [0.4, 0.5) is 13.2 Å². The molecule has 0 spiro atoms. The first-order chi connectivity index (χ1) is 11.3. The smallest absolute Gasteiger partial charge is 0.401 e. The number of carbonyl (C=O) groups excluding carboxylic acids is 1. The van der Waals surface area contributed by atoms with E-state index in [0.29, 0.717) is 38.4 Å². The number of halogens is 3. The minimum atomic E-state index is -4.15. The fourth-order valence-electron chi connectivity index (χ4n) is 2.62. The molecule has 2 N–H and O–H groups in total. The molecule has 1 aliphatic heterocycles. The second-order valence-electron chi connectivity index (χ2n) is 5.87. The highest BCUT2D eigenvalue weighted by atomic mass is 19.4. The van der Waals surface area contributed by atoms with E-state index in [4.69, 9.17) is 0 Å². The van der Waals surface area contributed by atoms with Crippen LogP contribution in [0.25, 0.3) is 0 Å². The molecule has 0 aliphatic carbocycles. The maximum absolute atomic E-state index is 12.4. The molecule has 1 fully saturated rings. The average molecular weight is 352 g/mol. The largest absolute Gasteiger partial charge is 0.469 e. The van der Waals surface area contributed by atoms with E-state index in [1.807, 2.05) is 0 Å².